The molecule has 4 rings (SSSR count). The normalized spacial score (nSPS) is 17.5. The molecule has 0 aliphatic carbocycles. The number of benzene rings is 1. The average molecular weight is 465 g/mol. The number of carbonyl (C=O) groups excluding carboxylic acids is 4. The highest BCUT2D eigenvalue weighted by Gasteiger charge is 2.50. The second-order valence-corrected chi connectivity index (χ2v) is 8.34. The fourth-order valence-electron chi connectivity index (χ4n) is 4.00. The van der Waals surface area contributed by atoms with Crippen molar-refractivity contribution in [2.24, 2.45) is 12.0 Å². The third kappa shape index (κ3) is 4.14. The summed E-state index contributed by atoms with van der Waals surface area (Å²) in [5, 5.41) is 0. The predicted molar refractivity (Wildman–Crippen MR) is 123 cm³/mol. The van der Waals surface area contributed by atoms with Crippen molar-refractivity contribution in [2.75, 3.05) is 27.2 Å². The van der Waals surface area contributed by atoms with Gasteiger partial charge in [-0.2, -0.15) is 0 Å². The molecule has 176 valence electrons. The van der Waals surface area contributed by atoms with Crippen LogP contribution in [0, 0.1) is 6.92 Å². The number of hydrogen-bond acceptors (Lipinski definition) is 6. The molecular weight excluding hydrogens is 438 g/mol. The Morgan fingerprint density at radius 3 is 2.44 bits per heavy atom. The molecule has 0 saturated carbocycles. The zero-order valence-electron chi connectivity index (χ0n) is 19.5. The maximum Gasteiger partial charge on any atom is 0.333 e. The van der Waals surface area contributed by atoms with Gasteiger partial charge in [0.25, 0.3) is 24.1 Å². The summed E-state index contributed by atoms with van der Waals surface area (Å²) >= 11 is 0. The molecule has 3 heterocycles. The van der Waals surface area contributed by atoms with Gasteiger partial charge in [-0.1, -0.05) is 29.8 Å². The van der Waals surface area contributed by atoms with Crippen LogP contribution in [0.5, 0.6) is 0 Å². The third-order valence-electron chi connectivity index (χ3n) is 6.11. The average Bonchev–Trinajstić information content (AvgIpc) is 3.40. The summed E-state index contributed by atoms with van der Waals surface area (Å²) in [6.07, 6.45) is 1.49. The Morgan fingerprint density at radius 1 is 1.03 bits per heavy atom. The first-order valence-corrected chi connectivity index (χ1v) is 10.8. The van der Waals surface area contributed by atoms with Crippen molar-refractivity contribution in [3.8, 4) is 0 Å². The van der Waals surface area contributed by atoms with Gasteiger partial charge in [0.15, 0.2) is 0 Å². The van der Waals surface area contributed by atoms with Crippen molar-refractivity contribution < 1.29 is 28.5 Å². The molecule has 0 bridgehead atoms. The van der Waals surface area contributed by atoms with Crippen molar-refractivity contribution in [3.05, 3.63) is 58.9 Å². The number of esters is 1. The standard InChI is InChI=1S/C24H26N5O5/c1-15-5-7-16(8-6-15)21(31)18-10-9-17(26(18)2)13-19(30)34-12-11-29-14-25-22-20(29)23(32)28(4)24(33)27(22)3/h5-10,14,20H,11-13H2,1-4H3/q+1. The van der Waals surface area contributed by atoms with Crippen LogP contribution in [0.2, 0.25) is 0 Å². The topological polar surface area (TPSA) is 104 Å². The molecule has 10 nitrogen and oxygen atoms in total. The van der Waals surface area contributed by atoms with Crippen LogP contribution in [0.25, 0.3) is 0 Å². The highest BCUT2D eigenvalue weighted by atomic mass is 16.5. The van der Waals surface area contributed by atoms with Gasteiger partial charge in [0, 0.05) is 32.4 Å². The molecule has 1 aromatic heterocycles. The Hall–Kier alpha value is -4.08. The van der Waals surface area contributed by atoms with Gasteiger partial charge >= 0.3 is 12.0 Å². The molecular formula is C24H26N5O5+. The van der Waals surface area contributed by atoms with Crippen LogP contribution in [-0.2, 0) is 27.8 Å². The molecule has 34 heavy (non-hydrogen) atoms. The SMILES string of the molecule is Cc1ccc(C(=O)c2ccc(CC(=O)OCC[N+]3=CN=C4C3C(=O)N(C)C(=O)N4C)n2C)cc1. The van der Waals surface area contributed by atoms with Crippen LogP contribution < -0.4 is 0 Å². The first-order chi connectivity index (χ1) is 16.2. The van der Waals surface area contributed by atoms with Crippen molar-refractivity contribution >= 4 is 35.9 Å². The number of hydrogen-bond donors (Lipinski definition) is 0. The minimum atomic E-state index is -0.713. The van der Waals surface area contributed by atoms with Crippen LogP contribution in [-0.4, -0.2) is 88.1 Å². The number of amides is 3. The lowest BCUT2D eigenvalue weighted by Crippen LogP contribution is -2.61. The number of ketones is 1. The minimum Gasteiger partial charge on any atom is -0.461 e. The number of rotatable bonds is 7. The molecule has 1 fully saturated rings. The minimum absolute atomic E-state index is 0.00544. The summed E-state index contributed by atoms with van der Waals surface area (Å²) in [4.78, 5) is 56.3. The molecule has 1 unspecified atom stereocenters. The van der Waals surface area contributed by atoms with Gasteiger partial charge in [0.1, 0.15) is 13.2 Å². The van der Waals surface area contributed by atoms with E-state index < -0.39 is 18.0 Å². The van der Waals surface area contributed by atoms with Gasteiger partial charge in [-0.05, 0) is 24.0 Å². The third-order valence-corrected chi connectivity index (χ3v) is 6.11. The lowest BCUT2D eigenvalue weighted by atomic mass is 10.1. The molecule has 2 aliphatic heterocycles. The number of urea groups is 1. The van der Waals surface area contributed by atoms with E-state index in [1.54, 1.807) is 47.5 Å². The number of fused-ring (bicyclic) bond motifs is 1. The van der Waals surface area contributed by atoms with Gasteiger partial charge in [0.2, 0.25) is 5.78 Å². The van der Waals surface area contributed by atoms with Crippen molar-refractivity contribution in [2.45, 2.75) is 19.4 Å². The van der Waals surface area contributed by atoms with Gasteiger partial charge < -0.3 is 9.30 Å². The molecule has 1 saturated heterocycles. The Morgan fingerprint density at radius 2 is 1.74 bits per heavy atom. The van der Waals surface area contributed by atoms with E-state index in [9.17, 15) is 19.2 Å². The van der Waals surface area contributed by atoms with Crippen LogP contribution in [0.4, 0.5) is 4.79 Å². The molecule has 0 radical (unpaired) electrons. The Kier molecular flexibility index (Phi) is 6.14. The number of likely N-dealkylation sites (N-methyl/N-ethyl adjacent to an activating group) is 2. The molecule has 3 amide bonds. The van der Waals surface area contributed by atoms with E-state index in [0.29, 0.717) is 22.8 Å². The second kappa shape index (κ2) is 9.05. The van der Waals surface area contributed by atoms with Crippen molar-refractivity contribution in [1.29, 1.82) is 0 Å². The summed E-state index contributed by atoms with van der Waals surface area (Å²) in [7, 11) is 4.73. The first kappa shape index (κ1) is 23.1. The lowest BCUT2D eigenvalue weighted by Gasteiger charge is -2.30. The number of aromatic nitrogens is 1. The highest BCUT2D eigenvalue weighted by Crippen LogP contribution is 2.17. The lowest BCUT2D eigenvalue weighted by molar-refractivity contribution is -0.533. The molecule has 1 aromatic carbocycles. The maximum atomic E-state index is 12.8. The summed E-state index contributed by atoms with van der Waals surface area (Å²) in [6, 6.07) is 9.62. The molecule has 2 aliphatic rings. The number of nitrogens with zero attached hydrogens (tertiary/aromatic N) is 5. The van der Waals surface area contributed by atoms with Gasteiger partial charge in [-0.15, -0.1) is 0 Å². The van der Waals surface area contributed by atoms with Crippen LogP contribution >= 0.6 is 0 Å². The predicted octanol–water partition coefficient (Wildman–Crippen LogP) is 0.996. The van der Waals surface area contributed by atoms with E-state index in [-0.39, 0.29) is 31.3 Å². The molecule has 0 spiro atoms. The molecule has 10 heteroatoms. The summed E-state index contributed by atoms with van der Waals surface area (Å²) in [5.74, 6) is -0.589. The van der Waals surface area contributed by atoms with Gasteiger partial charge in [0.05, 0.1) is 12.1 Å². The largest absolute Gasteiger partial charge is 0.461 e. The summed E-state index contributed by atoms with van der Waals surface area (Å²) in [6.45, 7) is 2.25. The Bertz CT molecular complexity index is 1240. The molecule has 2 aromatic rings. The summed E-state index contributed by atoms with van der Waals surface area (Å²) in [5.41, 5.74) is 2.80. The number of ether oxygens (including phenoxy) is 1. The second-order valence-electron chi connectivity index (χ2n) is 8.34. The van der Waals surface area contributed by atoms with Crippen LogP contribution in [0.3, 0.4) is 0 Å². The van der Waals surface area contributed by atoms with E-state index in [0.717, 1.165) is 10.5 Å². The monoisotopic (exact) mass is 464 g/mol. The fraction of sp³-hybridized carbons (Fsp3) is 0.333. The number of aryl methyl sites for hydroxylation is 1. The number of carbonyl (C=O) groups is 4. The van der Waals surface area contributed by atoms with Crippen LogP contribution in [0.1, 0.15) is 27.3 Å². The van der Waals surface area contributed by atoms with E-state index >= 15 is 0 Å². The zero-order chi connectivity index (χ0) is 24.6. The maximum absolute atomic E-state index is 12.8. The van der Waals surface area contributed by atoms with Crippen molar-refractivity contribution in [3.63, 3.8) is 0 Å². The number of amidine groups is 1. The number of aliphatic imine (C=N–C) groups is 1. The Balaban J connectivity index is 1.32. The fourth-order valence-corrected chi connectivity index (χ4v) is 4.00. The molecule has 0 N–H and O–H groups in total. The van der Waals surface area contributed by atoms with E-state index in [1.165, 1.54) is 18.3 Å². The van der Waals surface area contributed by atoms with Crippen molar-refractivity contribution in [1.82, 2.24) is 14.4 Å². The van der Waals surface area contributed by atoms with Crippen LogP contribution in [0.15, 0.2) is 41.4 Å². The first-order valence-electron chi connectivity index (χ1n) is 10.8. The van der Waals surface area contributed by atoms with Gasteiger partial charge in [-0.3, -0.25) is 24.2 Å². The van der Waals surface area contributed by atoms with Gasteiger partial charge in [-0.25, -0.2) is 9.37 Å². The van der Waals surface area contributed by atoms with E-state index in [4.69, 9.17) is 4.74 Å². The smallest absolute Gasteiger partial charge is 0.333 e. The highest BCUT2D eigenvalue weighted by molar-refractivity contribution is 6.21. The van der Waals surface area contributed by atoms with E-state index in [1.807, 2.05) is 19.1 Å². The number of imide groups is 1. The quantitative estimate of drug-likeness (QED) is 0.345. The zero-order valence-corrected chi connectivity index (χ0v) is 19.5. The van der Waals surface area contributed by atoms with E-state index in [2.05, 4.69) is 4.99 Å². The summed E-state index contributed by atoms with van der Waals surface area (Å²) < 4.78 is 8.70. The molecule has 1 atom stereocenters. The Labute approximate surface area is 196 Å².